The Labute approximate surface area is 192 Å². The van der Waals surface area contributed by atoms with Crippen LogP contribution >= 0.6 is 11.8 Å². The van der Waals surface area contributed by atoms with Crippen molar-refractivity contribution in [2.24, 2.45) is 4.99 Å². The molecule has 0 aliphatic carbocycles. The maximum Gasteiger partial charge on any atom is 0.283 e. The highest BCUT2D eigenvalue weighted by molar-refractivity contribution is 8.13. The van der Waals surface area contributed by atoms with E-state index < -0.39 is 0 Å². The molecule has 0 bridgehead atoms. The lowest BCUT2D eigenvalue weighted by atomic mass is 10.1. The van der Waals surface area contributed by atoms with E-state index in [1.54, 1.807) is 18.1 Å². The highest BCUT2D eigenvalue weighted by Crippen LogP contribution is 2.33. The number of ether oxygens (including phenoxy) is 1. The summed E-state index contributed by atoms with van der Waals surface area (Å²) in [5.74, 6) is 2.02. The summed E-state index contributed by atoms with van der Waals surface area (Å²) in [4.78, 5) is 19.8. The summed E-state index contributed by atoms with van der Waals surface area (Å²) in [7, 11) is 1.63. The van der Waals surface area contributed by atoms with Gasteiger partial charge in [-0.3, -0.25) is 9.69 Å². The van der Waals surface area contributed by atoms with Gasteiger partial charge >= 0.3 is 0 Å². The van der Waals surface area contributed by atoms with E-state index in [1.807, 2.05) is 64.1 Å². The quantitative estimate of drug-likeness (QED) is 0.477. The van der Waals surface area contributed by atoms with E-state index in [2.05, 4.69) is 11.2 Å². The first kappa shape index (κ1) is 21.9. The molecule has 0 fully saturated rings. The van der Waals surface area contributed by atoms with E-state index in [4.69, 9.17) is 14.3 Å². The van der Waals surface area contributed by atoms with Crippen molar-refractivity contribution in [2.75, 3.05) is 12.0 Å². The van der Waals surface area contributed by atoms with Crippen LogP contribution in [-0.2, 0) is 10.5 Å². The van der Waals surface area contributed by atoms with Crippen molar-refractivity contribution in [3.63, 3.8) is 0 Å². The topological polar surface area (TPSA) is 67.9 Å². The molecule has 6 nitrogen and oxygen atoms in total. The number of carbonyl (C=O) groups is 1. The van der Waals surface area contributed by atoms with Gasteiger partial charge in [0.1, 0.15) is 17.2 Å². The van der Waals surface area contributed by atoms with Gasteiger partial charge in [-0.25, -0.2) is 4.99 Å². The lowest BCUT2D eigenvalue weighted by molar-refractivity contribution is -0.113. The summed E-state index contributed by atoms with van der Waals surface area (Å²) in [5, 5.41) is 4.67. The molecule has 7 heteroatoms. The van der Waals surface area contributed by atoms with Crippen molar-refractivity contribution in [3.05, 3.63) is 81.9 Å². The van der Waals surface area contributed by atoms with Crippen LogP contribution < -0.4 is 9.64 Å². The first-order valence-corrected chi connectivity index (χ1v) is 11.3. The second-order valence-electron chi connectivity index (χ2n) is 7.77. The predicted molar refractivity (Wildman–Crippen MR) is 129 cm³/mol. The Kier molecular flexibility index (Phi) is 6.19. The number of carbonyl (C=O) groups excluding carboxylic acids is 1. The van der Waals surface area contributed by atoms with Crippen molar-refractivity contribution in [1.29, 1.82) is 0 Å². The second-order valence-corrected chi connectivity index (χ2v) is 8.72. The van der Waals surface area contributed by atoms with Crippen molar-refractivity contribution in [1.82, 2.24) is 5.16 Å². The molecule has 0 radical (unpaired) electrons. The second kappa shape index (κ2) is 9.04. The molecule has 0 saturated carbocycles. The van der Waals surface area contributed by atoms with Crippen molar-refractivity contribution < 1.29 is 14.1 Å². The molecule has 1 aliphatic rings. The minimum atomic E-state index is -0.146. The molecular weight excluding hydrogens is 422 g/mol. The number of hydrogen-bond donors (Lipinski definition) is 0. The zero-order valence-corrected chi connectivity index (χ0v) is 19.6. The molecule has 1 aliphatic heterocycles. The number of anilines is 1. The number of methoxy groups -OCH3 is 1. The van der Waals surface area contributed by atoms with Gasteiger partial charge in [-0.2, -0.15) is 0 Å². The normalized spacial score (nSPS) is 14.9. The monoisotopic (exact) mass is 447 g/mol. The Morgan fingerprint density at radius 3 is 2.34 bits per heavy atom. The third-order valence-corrected chi connectivity index (χ3v) is 6.21. The van der Waals surface area contributed by atoms with Gasteiger partial charge in [0.05, 0.1) is 18.5 Å². The first-order chi connectivity index (χ1) is 15.4. The maximum absolute atomic E-state index is 13.4. The van der Waals surface area contributed by atoms with Crippen LogP contribution in [0, 0.1) is 27.7 Å². The maximum atomic E-state index is 13.4. The van der Waals surface area contributed by atoms with E-state index in [-0.39, 0.29) is 5.91 Å². The third kappa shape index (κ3) is 4.48. The van der Waals surface area contributed by atoms with Gasteiger partial charge in [0, 0.05) is 11.3 Å². The van der Waals surface area contributed by atoms with Crippen LogP contribution in [0.3, 0.4) is 0 Å². The summed E-state index contributed by atoms with van der Waals surface area (Å²) in [6, 6.07) is 13.6. The van der Waals surface area contributed by atoms with Gasteiger partial charge in [0.15, 0.2) is 5.17 Å². The molecule has 4 rings (SSSR count). The molecule has 1 aromatic heterocycles. The fraction of sp³-hybridized carbons (Fsp3) is 0.240. The molecule has 164 valence electrons. The molecule has 0 atom stereocenters. The third-order valence-electron chi connectivity index (χ3n) is 5.24. The zero-order chi connectivity index (χ0) is 22.8. The largest absolute Gasteiger partial charge is 0.497 e. The average molecular weight is 448 g/mol. The standard InChI is InChI=1S/C25H25N3O3S/c1-15-10-16(2)12-20(11-15)28-24(29)23(13-19-6-8-21(30-5)9-7-19)26-25(28)32-14-22-17(3)27-31-18(22)4/h6-13H,14H2,1-5H3. The van der Waals surface area contributed by atoms with Crippen LogP contribution in [0.2, 0.25) is 0 Å². The zero-order valence-electron chi connectivity index (χ0n) is 18.8. The number of aliphatic imine (C=N–C) groups is 1. The Balaban J connectivity index is 1.70. The fourth-order valence-corrected chi connectivity index (χ4v) is 4.77. The SMILES string of the molecule is COc1ccc(C=C2N=C(SCc3c(C)noc3C)N(c3cc(C)cc(C)c3)C2=O)cc1. The van der Waals surface area contributed by atoms with Gasteiger partial charge in [-0.1, -0.05) is 35.1 Å². The van der Waals surface area contributed by atoms with Gasteiger partial charge in [0.25, 0.3) is 5.91 Å². The highest BCUT2D eigenvalue weighted by atomic mass is 32.2. The van der Waals surface area contributed by atoms with Crippen LogP contribution in [0.15, 0.2) is 57.7 Å². The summed E-state index contributed by atoms with van der Waals surface area (Å²) in [5.41, 5.74) is 6.16. The van der Waals surface area contributed by atoms with Gasteiger partial charge in [0.2, 0.25) is 0 Å². The van der Waals surface area contributed by atoms with Crippen LogP contribution in [-0.4, -0.2) is 23.3 Å². The summed E-state index contributed by atoms with van der Waals surface area (Å²) in [6.45, 7) is 7.87. The van der Waals surface area contributed by atoms with E-state index in [0.29, 0.717) is 16.6 Å². The number of rotatable bonds is 5. The number of amidine groups is 1. The Hall–Kier alpha value is -3.32. The number of benzene rings is 2. The van der Waals surface area contributed by atoms with E-state index >= 15 is 0 Å². The first-order valence-electron chi connectivity index (χ1n) is 10.3. The van der Waals surface area contributed by atoms with Gasteiger partial charge in [-0.15, -0.1) is 0 Å². The smallest absolute Gasteiger partial charge is 0.283 e. The molecule has 0 unspecified atom stereocenters. The van der Waals surface area contributed by atoms with Crippen LogP contribution in [0.1, 0.15) is 33.7 Å². The number of nitrogens with zero attached hydrogens (tertiary/aromatic N) is 3. The van der Waals surface area contributed by atoms with Crippen LogP contribution in [0.25, 0.3) is 6.08 Å². The van der Waals surface area contributed by atoms with Crippen molar-refractivity contribution in [3.8, 4) is 5.75 Å². The van der Waals surface area contributed by atoms with E-state index in [1.165, 1.54) is 11.8 Å². The molecule has 2 aromatic carbocycles. The van der Waals surface area contributed by atoms with Crippen molar-refractivity contribution >= 4 is 34.6 Å². The number of amides is 1. The number of aryl methyl sites for hydroxylation is 4. The molecule has 2 heterocycles. The predicted octanol–water partition coefficient (Wildman–Crippen LogP) is 5.59. The van der Waals surface area contributed by atoms with Gasteiger partial charge in [-0.05, 0) is 74.7 Å². The minimum Gasteiger partial charge on any atom is -0.497 e. The summed E-state index contributed by atoms with van der Waals surface area (Å²) >= 11 is 1.50. The van der Waals surface area contributed by atoms with Gasteiger partial charge < -0.3 is 9.26 Å². The Morgan fingerprint density at radius 2 is 1.75 bits per heavy atom. The summed E-state index contributed by atoms with van der Waals surface area (Å²) in [6.07, 6.45) is 1.81. The number of hydrogen-bond acceptors (Lipinski definition) is 6. The molecule has 32 heavy (non-hydrogen) atoms. The van der Waals surface area contributed by atoms with Crippen LogP contribution in [0.4, 0.5) is 5.69 Å². The van der Waals surface area contributed by atoms with E-state index in [0.717, 1.165) is 45.1 Å². The molecule has 0 spiro atoms. The molecule has 0 saturated heterocycles. The molecule has 1 amide bonds. The molecule has 3 aromatic rings. The lowest BCUT2D eigenvalue weighted by Gasteiger charge is -2.19. The minimum absolute atomic E-state index is 0.146. The average Bonchev–Trinajstić information content (AvgIpc) is 3.24. The highest BCUT2D eigenvalue weighted by Gasteiger charge is 2.32. The Bertz CT molecular complexity index is 1190. The Morgan fingerprint density at radius 1 is 1.06 bits per heavy atom. The summed E-state index contributed by atoms with van der Waals surface area (Å²) < 4.78 is 10.5. The number of thioether (sulfide) groups is 1. The van der Waals surface area contributed by atoms with Crippen molar-refractivity contribution in [2.45, 2.75) is 33.4 Å². The fourth-order valence-electron chi connectivity index (χ4n) is 3.60. The lowest BCUT2D eigenvalue weighted by Crippen LogP contribution is -2.30. The molecular formula is C25H25N3O3S. The number of aromatic nitrogens is 1. The van der Waals surface area contributed by atoms with E-state index in [9.17, 15) is 4.79 Å². The molecule has 0 N–H and O–H groups in total. The van der Waals surface area contributed by atoms with Crippen LogP contribution in [0.5, 0.6) is 5.75 Å².